The molecule has 8 heteroatoms. The quantitative estimate of drug-likeness (QED) is 0.825. The van der Waals surface area contributed by atoms with Crippen LogP contribution in [0.4, 0.5) is 6.01 Å². The van der Waals surface area contributed by atoms with Gasteiger partial charge in [-0.1, -0.05) is 0 Å². The standard InChI is InChI=1S/C12H20N4O3S/c1-20(17,18)16-6-4-15(5-7-16)12-14-11(9-19-12)8-13-10-2-3-10/h9-10,13H,2-8H2,1H3. The van der Waals surface area contributed by atoms with Gasteiger partial charge in [0.05, 0.1) is 11.9 Å². The van der Waals surface area contributed by atoms with Crippen LogP contribution in [0.1, 0.15) is 18.5 Å². The molecule has 3 rings (SSSR count). The Morgan fingerprint density at radius 3 is 2.65 bits per heavy atom. The lowest BCUT2D eigenvalue weighted by Crippen LogP contribution is -2.48. The van der Waals surface area contributed by atoms with Crippen molar-refractivity contribution in [2.45, 2.75) is 25.4 Å². The monoisotopic (exact) mass is 300 g/mol. The number of sulfonamides is 1. The van der Waals surface area contributed by atoms with E-state index >= 15 is 0 Å². The molecule has 2 aliphatic rings. The molecule has 112 valence electrons. The van der Waals surface area contributed by atoms with E-state index < -0.39 is 10.0 Å². The van der Waals surface area contributed by atoms with Crippen LogP contribution >= 0.6 is 0 Å². The Labute approximate surface area is 119 Å². The predicted octanol–water partition coefficient (Wildman–Crippen LogP) is 0.00820. The van der Waals surface area contributed by atoms with Gasteiger partial charge in [0.2, 0.25) is 10.0 Å². The summed E-state index contributed by atoms with van der Waals surface area (Å²) in [5.41, 5.74) is 0.900. The zero-order chi connectivity index (χ0) is 14.2. The summed E-state index contributed by atoms with van der Waals surface area (Å²) in [4.78, 5) is 6.44. The molecule has 2 heterocycles. The fraction of sp³-hybridized carbons (Fsp3) is 0.750. The van der Waals surface area contributed by atoms with Crippen LogP contribution in [0, 0.1) is 0 Å². The maximum atomic E-state index is 11.4. The van der Waals surface area contributed by atoms with Crippen LogP contribution in [0.5, 0.6) is 0 Å². The minimum Gasteiger partial charge on any atom is -0.432 e. The van der Waals surface area contributed by atoms with E-state index in [0.29, 0.717) is 38.2 Å². The van der Waals surface area contributed by atoms with Gasteiger partial charge in [-0.3, -0.25) is 0 Å². The third kappa shape index (κ3) is 3.31. The molecular weight excluding hydrogens is 280 g/mol. The maximum Gasteiger partial charge on any atom is 0.297 e. The summed E-state index contributed by atoms with van der Waals surface area (Å²) in [6.45, 7) is 2.93. The van der Waals surface area contributed by atoms with Crippen molar-refractivity contribution in [3.8, 4) is 0 Å². The minimum absolute atomic E-state index is 0.483. The SMILES string of the molecule is CS(=O)(=O)N1CCN(c2nc(CNC3CC3)co2)CC1. The second-order valence-electron chi connectivity index (χ2n) is 5.43. The van der Waals surface area contributed by atoms with Gasteiger partial charge < -0.3 is 14.6 Å². The molecule has 0 radical (unpaired) electrons. The first-order chi connectivity index (χ1) is 9.52. The molecule has 0 bridgehead atoms. The largest absolute Gasteiger partial charge is 0.432 e. The number of aromatic nitrogens is 1. The van der Waals surface area contributed by atoms with Crippen LogP contribution in [0.25, 0.3) is 0 Å². The molecule has 1 saturated carbocycles. The molecule has 1 aromatic rings. The highest BCUT2D eigenvalue weighted by atomic mass is 32.2. The van der Waals surface area contributed by atoms with Crippen molar-refractivity contribution in [3.63, 3.8) is 0 Å². The number of hydrogen-bond donors (Lipinski definition) is 1. The van der Waals surface area contributed by atoms with Crippen molar-refractivity contribution in [2.24, 2.45) is 0 Å². The van der Waals surface area contributed by atoms with E-state index in [1.54, 1.807) is 6.26 Å². The molecule has 0 unspecified atom stereocenters. The zero-order valence-corrected chi connectivity index (χ0v) is 12.4. The van der Waals surface area contributed by atoms with Gasteiger partial charge in [-0.25, -0.2) is 8.42 Å². The Morgan fingerprint density at radius 1 is 1.35 bits per heavy atom. The molecule has 0 atom stereocenters. The third-order valence-corrected chi connectivity index (χ3v) is 4.97. The van der Waals surface area contributed by atoms with Crippen molar-refractivity contribution in [3.05, 3.63) is 12.0 Å². The van der Waals surface area contributed by atoms with Gasteiger partial charge in [0.1, 0.15) is 6.26 Å². The fourth-order valence-electron chi connectivity index (χ4n) is 2.27. The Hall–Kier alpha value is -1.12. The van der Waals surface area contributed by atoms with E-state index in [1.807, 2.05) is 4.90 Å². The summed E-state index contributed by atoms with van der Waals surface area (Å²) in [7, 11) is -3.09. The first kappa shape index (κ1) is 13.8. The smallest absolute Gasteiger partial charge is 0.297 e. The second-order valence-corrected chi connectivity index (χ2v) is 7.41. The number of nitrogens with one attached hydrogen (secondary N) is 1. The molecule has 1 aromatic heterocycles. The highest BCUT2D eigenvalue weighted by Crippen LogP contribution is 2.20. The zero-order valence-electron chi connectivity index (χ0n) is 11.6. The summed E-state index contributed by atoms with van der Waals surface area (Å²) in [6.07, 6.45) is 5.42. The van der Waals surface area contributed by atoms with Crippen LogP contribution in [0.3, 0.4) is 0 Å². The first-order valence-corrected chi connectivity index (χ1v) is 8.75. The number of oxazole rings is 1. The molecule has 0 spiro atoms. The highest BCUT2D eigenvalue weighted by molar-refractivity contribution is 7.88. The van der Waals surface area contributed by atoms with Crippen LogP contribution < -0.4 is 10.2 Å². The van der Waals surface area contributed by atoms with E-state index in [9.17, 15) is 8.42 Å². The van der Waals surface area contributed by atoms with Gasteiger partial charge in [-0.05, 0) is 12.8 Å². The fourth-order valence-corrected chi connectivity index (χ4v) is 3.10. The lowest BCUT2D eigenvalue weighted by molar-refractivity contribution is 0.374. The predicted molar refractivity (Wildman–Crippen MR) is 75.0 cm³/mol. The van der Waals surface area contributed by atoms with Gasteiger partial charge in [0.25, 0.3) is 6.01 Å². The lowest BCUT2D eigenvalue weighted by Gasteiger charge is -2.32. The molecule has 1 aliphatic heterocycles. The summed E-state index contributed by atoms with van der Waals surface area (Å²) in [6, 6.07) is 1.24. The van der Waals surface area contributed by atoms with E-state index in [0.717, 1.165) is 12.2 Å². The third-order valence-electron chi connectivity index (χ3n) is 3.67. The van der Waals surface area contributed by atoms with E-state index in [-0.39, 0.29) is 0 Å². The van der Waals surface area contributed by atoms with Crippen LogP contribution in [0.15, 0.2) is 10.7 Å². The molecule has 0 amide bonds. The Bertz CT molecular complexity index is 559. The molecule has 1 aliphatic carbocycles. The minimum atomic E-state index is -3.09. The molecule has 1 saturated heterocycles. The average Bonchev–Trinajstić information content (AvgIpc) is 3.13. The number of anilines is 1. The number of nitrogens with zero attached hydrogens (tertiary/aromatic N) is 3. The normalized spacial score (nSPS) is 21.4. The van der Waals surface area contributed by atoms with Crippen LogP contribution in [0.2, 0.25) is 0 Å². The summed E-state index contributed by atoms with van der Waals surface area (Å²) in [5.74, 6) is 0. The molecule has 2 fully saturated rings. The number of hydrogen-bond acceptors (Lipinski definition) is 6. The maximum absolute atomic E-state index is 11.4. The molecular formula is C12H20N4O3S. The van der Waals surface area contributed by atoms with Gasteiger partial charge in [0, 0.05) is 38.8 Å². The van der Waals surface area contributed by atoms with Crippen LogP contribution in [-0.4, -0.2) is 56.2 Å². The second kappa shape index (κ2) is 5.34. The Balaban J connectivity index is 1.54. The Morgan fingerprint density at radius 2 is 2.05 bits per heavy atom. The van der Waals surface area contributed by atoms with Crippen molar-refractivity contribution in [2.75, 3.05) is 37.3 Å². The van der Waals surface area contributed by atoms with Crippen molar-refractivity contribution in [1.29, 1.82) is 0 Å². The van der Waals surface area contributed by atoms with E-state index in [4.69, 9.17) is 4.42 Å². The highest BCUT2D eigenvalue weighted by Gasteiger charge is 2.26. The molecule has 1 N–H and O–H groups in total. The van der Waals surface area contributed by atoms with Gasteiger partial charge in [-0.15, -0.1) is 0 Å². The topological polar surface area (TPSA) is 78.7 Å². The molecule has 20 heavy (non-hydrogen) atoms. The number of piperazine rings is 1. The summed E-state index contributed by atoms with van der Waals surface area (Å²) < 4.78 is 29.9. The Kier molecular flexibility index (Phi) is 3.70. The number of rotatable bonds is 5. The average molecular weight is 300 g/mol. The summed E-state index contributed by atoms with van der Waals surface area (Å²) in [5, 5.41) is 3.39. The molecule has 0 aromatic carbocycles. The van der Waals surface area contributed by atoms with Gasteiger partial charge in [0.15, 0.2) is 0 Å². The van der Waals surface area contributed by atoms with Crippen LogP contribution in [-0.2, 0) is 16.6 Å². The summed E-state index contributed by atoms with van der Waals surface area (Å²) >= 11 is 0. The lowest BCUT2D eigenvalue weighted by atomic mass is 10.4. The van der Waals surface area contributed by atoms with Crippen molar-refractivity contribution >= 4 is 16.0 Å². The van der Waals surface area contributed by atoms with Crippen molar-refractivity contribution in [1.82, 2.24) is 14.6 Å². The van der Waals surface area contributed by atoms with Gasteiger partial charge in [-0.2, -0.15) is 9.29 Å². The van der Waals surface area contributed by atoms with Gasteiger partial charge >= 0.3 is 0 Å². The first-order valence-electron chi connectivity index (χ1n) is 6.90. The molecule has 7 nitrogen and oxygen atoms in total. The van der Waals surface area contributed by atoms with E-state index in [1.165, 1.54) is 23.4 Å². The van der Waals surface area contributed by atoms with Crippen molar-refractivity contribution < 1.29 is 12.8 Å². The van der Waals surface area contributed by atoms with E-state index in [2.05, 4.69) is 10.3 Å².